The molecule has 118 valence electrons. The van der Waals surface area contributed by atoms with Crippen molar-refractivity contribution in [1.82, 2.24) is 9.38 Å². The third-order valence-corrected chi connectivity index (χ3v) is 6.58. The highest BCUT2D eigenvalue weighted by molar-refractivity contribution is 8.08. The lowest BCUT2D eigenvalue weighted by molar-refractivity contribution is 1.04. The first kappa shape index (κ1) is 14.1. The van der Waals surface area contributed by atoms with E-state index in [1.54, 1.807) is 16.2 Å². The molecule has 24 heavy (non-hydrogen) atoms. The molecular formula is C18H13N3OS2. The molecule has 4 aromatic rings. The van der Waals surface area contributed by atoms with E-state index in [2.05, 4.69) is 28.9 Å². The molecule has 1 aliphatic heterocycles. The van der Waals surface area contributed by atoms with Gasteiger partial charge in [-0.2, -0.15) is 0 Å². The molecule has 0 aliphatic carbocycles. The molecule has 0 N–H and O–H groups in total. The third-order valence-electron chi connectivity index (χ3n) is 4.24. The molecular weight excluding hydrogens is 338 g/mol. The minimum Gasteiger partial charge on any atom is -0.334 e. The fourth-order valence-electron chi connectivity index (χ4n) is 3.16. The van der Waals surface area contributed by atoms with Crippen LogP contribution in [-0.2, 0) is 0 Å². The molecule has 0 saturated carbocycles. The highest BCUT2D eigenvalue weighted by Crippen LogP contribution is 2.45. The van der Waals surface area contributed by atoms with Crippen molar-refractivity contribution in [2.45, 2.75) is 11.8 Å². The quantitative estimate of drug-likeness (QED) is 0.527. The average Bonchev–Trinajstić information content (AvgIpc) is 3.24. The molecule has 0 fully saturated rings. The maximum atomic E-state index is 13.1. The van der Waals surface area contributed by atoms with Gasteiger partial charge in [-0.05, 0) is 31.2 Å². The van der Waals surface area contributed by atoms with Crippen molar-refractivity contribution >= 4 is 49.8 Å². The normalized spacial score (nSPS) is 16.3. The third kappa shape index (κ3) is 1.81. The van der Waals surface area contributed by atoms with E-state index in [4.69, 9.17) is 0 Å². The summed E-state index contributed by atoms with van der Waals surface area (Å²) < 4.78 is 2.51. The number of benzene rings is 2. The number of thioether (sulfide) groups is 1. The Morgan fingerprint density at radius 1 is 1.08 bits per heavy atom. The highest BCUT2D eigenvalue weighted by atomic mass is 32.2. The van der Waals surface area contributed by atoms with Gasteiger partial charge in [-0.1, -0.05) is 47.4 Å². The SMILES string of the molecule is CCN1/C(=c2/sc3nc4ccccc4n3c2=O)Sc2ccccc21. The molecule has 3 heterocycles. The van der Waals surface area contributed by atoms with E-state index in [1.807, 2.05) is 36.4 Å². The second-order valence-corrected chi connectivity index (χ2v) is 7.58. The smallest absolute Gasteiger partial charge is 0.277 e. The maximum Gasteiger partial charge on any atom is 0.277 e. The lowest BCUT2D eigenvalue weighted by Gasteiger charge is -2.16. The van der Waals surface area contributed by atoms with Crippen LogP contribution in [0.1, 0.15) is 6.92 Å². The Balaban J connectivity index is 1.85. The molecule has 2 aromatic carbocycles. The largest absolute Gasteiger partial charge is 0.334 e. The van der Waals surface area contributed by atoms with Crippen LogP contribution in [0.3, 0.4) is 0 Å². The second kappa shape index (κ2) is 5.09. The number of anilines is 1. The maximum absolute atomic E-state index is 13.1. The summed E-state index contributed by atoms with van der Waals surface area (Å²) in [5.41, 5.74) is 2.95. The second-order valence-electron chi connectivity index (χ2n) is 5.57. The van der Waals surface area contributed by atoms with E-state index >= 15 is 0 Å². The first-order valence-corrected chi connectivity index (χ1v) is 9.40. The molecule has 5 rings (SSSR count). The van der Waals surface area contributed by atoms with Gasteiger partial charge in [0.25, 0.3) is 5.56 Å². The van der Waals surface area contributed by atoms with Crippen molar-refractivity contribution in [2.24, 2.45) is 0 Å². The molecule has 2 aromatic heterocycles. The van der Waals surface area contributed by atoms with Gasteiger partial charge in [0.2, 0.25) is 0 Å². The van der Waals surface area contributed by atoms with E-state index in [0.29, 0.717) is 0 Å². The van der Waals surface area contributed by atoms with Gasteiger partial charge in [-0.25, -0.2) is 9.38 Å². The first-order chi connectivity index (χ1) is 11.8. The summed E-state index contributed by atoms with van der Waals surface area (Å²) in [6, 6.07) is 16.1. The van der Waals surface area contributed by atoms with Crippen LogP contribution >= 0.6 is 23.1 Å². The molecule has 0 saturated heterocycles. The summed E-state index contributed by atoms with van der Waals surface area (Å²) in [6.45, 7) is 2.95. The number of thiazole rings is 1. The molecule has 0 atom stereocenters. The summed E-state index contributed by atoms with van der Waals surface area (Å²) in [7, 11) is 0. The van der Waals surface area contributed by atoms with Crippen molar-refractivity contribution in [3.8, 4) is 0 Å². The van der Waals surface area contributed by atoms with Gasteiger partial charge in [0.15, 0.2) is 4.96 Å². The number of aromatic nitrogens is 2. The standard InChI is InChI=1S/C18H13N3OS2/c1-2-20-13-9-5-6-10-14(13)23-17(20)15-16(22)21-12-8-4-3-7-11(12)19-18(21)24-15/h3-10H,2H2,1H3/b17-15-. The molecule has 0 amide bonds. The van der Waals surface area contributed by atoms with Crippen molar-refractivity contribution in [2.75, 3.05) is 11.4 Å². The van der Waals surface area contributed by atoms with Crippen LogP contribution in [-0.4, -0.2) is 15.9 Å². The molecule has 0 unspecified atom stereocenters. The molecule has 0 bridgehead atoms. The van der Waals surface area contributed by atoms with Gasteiger partial charge in [0, 0.05) is 11.4 Å². The Kier molecular flexibility index (Phi) is 2.98. The molecule has 1 aliphatic rings. The Hall–Kier alpha value is -2.31. The van der Waals surface area contributed by atoms with Crippen LogP contribution in [0.4, 0.5) is 5.69 Å². The minimum absolute atomic E-state index is 0.0254. The van der Waals surface area contributed by atoms with Crippen molar-refractivity contribution in [3.63, 3.8) is 0 Å². The van der Waals surface area contributed by atoms with Crippen LogP contribution in [0, 0.1) is 0 Å². The summed E-state index contributed by atoms with van der Waals surface area (Å²) in [4.78, 5) is 21.9. The van der Waals surface area contributed by atoms with Crippen LogP contribution in [0.2, 0.25) is 0 Å². The van der Waals surface area contributed by atoms with Gasteiger partial charge in [-0.15, -0.1) is 0 Å². The van der Waals surface area contributed by atoms with Crippen LogP contribution in [0.25, 0.3) is 21.0 Å². The monoisotopic (exact) mass is 351 g/mol. The number of rotatable bonds is 1. The Morgan fingerprint density at radius 3 is 2.75 bits per heavy atom. The number of hydrogen-bond acceptors (Lipinski definition) is 5. The van der Waals surface area contributed by atoms with Crippen LogP contribution in [0.15, 0.2) is 58.2 Å². The van der Waals surface area contributed by atoms with Gasteiger partial charge in [-0.3, -0.25) is 4.79 Å². The summed E-state index contributed by atoms with van der Waals surface area (Å²) in [5.74, 6) is 0. The predicted molar refractivity (Wildman–Crippen MR) is 101 cm³/mol. The van der Waals surface area contributed by atoms with Gasteiger partial charge >= 0.3 is 0 Å². The van der Waals surface area contributed by atoms with Crippen molar-refractivity contribution < 1.29 is 0 Å². The number of hydrogen-bond donors (Lipinski definition) is 0. The number of imidazole rings is 1. The number of para-hydroxylation sites is 3. The van der Waals surface area contributed by atoms with Gasteiger partial charge < -0.3 is 4.90 Å². The molecule has 0 spiro atoms. The first-order valence-electron chi connectivity index (χ1n) is 7.76. The zero-order chi connectivity index (χ0) is 16.3. The molecule has 0 radical (unpaired) electrons. The Bertz CT molecular complexity index is 1210. The molecule has 4 nitrogen and oxygen atoms in total. The zero-order valence-corrected chi connectivity index (χ0v) is 14.5. The lowest BCUT2D eigenvalue weighted by Crippen LogP contribution is -2.30. The van der Waals surface area contributed by atoms with Crippen LogP contribution < -0.4 is 15.0 Å². The molecule has 6 heteroatoms. The summed E-state index contributed by atoms with van der Waals surface area (Å²) in [5, 5.41) is 1.02. The topological polar surface area (TPSA) is 37.6 Å². The fraction of sp³-hybridized carbons (Fsp3) is 0.111. The summed E-state index contributed by atoms with van der Waals surface area (Å²) >= 11 is 3.15. The van der Waals surface area contributed by atoms with E-state index in [0.717, 1.165) is 32.1 Å². The minimum atomic E-state index is 0.0254. The van der Waals surface area contributed by atoms with E-state index in [9.17, 15) is 4.79 Å². The fourth-order valence-corrected chi connectivity index (χ4v) is 5.54. The average molecular weight is 351 g/mol. The predicted octanol–water partition coefficient (Wildman–Crippen LogP) is 3.33. The zero-order valence-electron chi connectivity index (χ0n) is 12.9. The van der Waals surface area contributed by atoms with Gasteiger partial charge in [0.1, 0.15) is 9.56 Å². The van der Waals surface area contributed by atoms with E-state index < -0.39 is 0 Å². The Morgan fingerprint density at radius 2 is 1.88 bits per heavy atom. The lowest BCUT2D eigenvalue weighted by atomic mass is 10.3. The van der Waals surface area contributed by atoms with E-state index in [-0.39, 0.29) is 5.56 Å². The number of nitrogens with zero attached hydrogens (tertiary/aromatic N) is 3. The Labute approximate surface area is 146 Å². The number of fused-ring (bicyclic) bond motifs is 4. The summed E-state index contributed by atoms with van der Waals surface area (Å²) in [6.07, 6.45) is 0. The van der Waals surface area contributed by atoms with E-state index in [1.165, 1.54) is 21.9 Å². The van der Waals surface area contributed by atoms with Crippen molar-refractivity contribution in [1.29, 1.82) is 0 Å². The van der Waals surface area contributed by atoms with Crippen molar-refractivity contribution in [3.05, 3.63) is 63.4 Å². The highest BCUT2D eigenvalue weighted by Gasteiger charge is 2.26. The van der Waals surface area contributed by atoms with Crippen LogP contribution in [0.5, 0.6) is 0 Å². The van der Waals surface area contributed by atoms with Gasteiger partial charge in [0.05, 0.1) is 16.7 Å².